The van der Waals surface area contributed by atoms with Crippen molar-refractivity contribution < 1.29 is 14.3 Å². The minimum Gasteiger partial charge on any atom is -0.493 e. The normalized spacial score (nSPS) is 15.3. The molecular formula is C19H26N4O3. The van der Waals surface area contributed by atoms with Gasteiger partial charge in [-0.3, -0.25) is 5.32 Å². The minimum absolute atomic E-state index is 0.0269. The van der Waals surface area contributed by atoms with Crippen molar-refractivity contribution in [2.75, 3.05) is 25.5 Å². The molecule has 140 valence electrons. The van der Waals surface area contributed by atoms with E-state index >= 15 is 0 Å². The van der Waals surface area contributed by atoms with Crippen LogP contribution in [0.5, 0.6) is 11.5 Å². The predicted octanol–water partition coefficient (Wildman–Crippen LogP) is 3.55. The fourth-order valence-electron chi connectivity index (χ4n) is 3.07. The van der Waals surface area contributed by atoms with Crippen LogP contribution < -0.4 is 14.8 Å². The Morgan fingerprint density at radius 3 is 2.73 bits per heavy atom. The van der Waals surface area contributed by atoms with Crippen LogP contribution in [0.1, 0.15) is 32.7 Å². The summed E-state index contributed by atoms with van der Waals surface area (Å²) in [6.45, 7) is 5.33. The number of nitrogens with one attached hydrogen (secondary N) is 1. The highest BCUT2D eigenvalue weighted by Gasteiger charge is 2.33. The van der Waals surface area contributed by atoms with Gasteiger partial charge in [-0.1, -0.05) is 25.5 Å². The lowest BCUT2D eigenvalue weighted by Crippen LogP contribution is -2.57. The molecule has 0 spiro atoms. The third-order valence-electron chi connectivity index (χ3n) is 4.53. The van der Waals surface area contributed by atoms with Crippen molar-refractivity contribution >= 4 is 11.8 Å². The number of nitrogens with zero attached hydrogens (tertiary/aromatic N) is 3. The van der Waals surface area contributed by atoms with E-state index in [1.54, 1.807) is 18.2 Å². The third-order valence-corrected chi connectivity index (χ3v) is 4.53. The van der Waals surface area contributed by atoms with E-state index in [2.05, 4.69) is 24.3 Å². The van der Waals surface area contributed by atoms with Gasteiger partial charge < -0.3 is 14.4 Å². The summed E-state index contributed by atoms with van der Waals surface area (Å²) in [4.78, 5) is 14.2. The van der Waals surface area contributed by atoms with Gasteiger partial charge in [-0.05, 0) is 25.5 Å². The van der Waals surface area contributed by atoms with Crippen molar-refractivity contribution in [3.63, 3.8) is 0 Å². The molecule has 2 amide bonds. The number of urea groups is 1. The van der Waals surface area contributed by atoms with Gasteiger partial charge in [0.1, 0.15) is 11.9 Å². The SMILES string of the molecule is CCCC(C)n1nccc1NC(=O)N1CC(Oc2ccccc2OC)C1. The summed E-state index contributed by atoms with van der Waals surface area (Å²) >= 11 is 0. The standard InChI is InChI=1S/C19H26N4O3/c1-4-7-14(2)23-18(10-11-20-23)21-19(24)22-12-15(13-22)26-17-9-6-5-8-16(17)25-3/h5-6,8-11,14-15H,4,7,12-13H2,1-3H3,(H,21,24). The molecule has 1 aliphatic rings. The lowest BCUT2D eigenvalue weighted by Gasteiger charge is -2.39. The van der Waals surface area contributed by atoms with E-state index in [1.807, 2.05) is 35.0 Å². The first-order valence-electron chi connectivity index (χ1n) is 9.01. The number of carbonyl (C=O) groups is 1. The highest BCUT2D eigenvalue weighted by molar-refractivity contribution is 5.89. The molecule has 1 unspecified atom stereocenters. The van der Waals surface area contributed by atoms with Crippen LogP contribution in [0.25, 0.3) is 0 Å². The molecule has 1 atom stereocenters. The van der Waals surface area contributed by atoms with Gasteiger partial charge in [-0.15, -0.1) is 0 Å². The largest absolute Gasteiger partial charge is 0.493 e. The molecule has 26 heavy (non-hydrogen) atoms. The van der Waals surface area contributed by atoms with Crippen LogP contribution >= 0.6 is 0 Å². The van der Waals surface area contributed by atoms with Crippen LogP contribution in [0, 0.1) is 0 Å². The van der Waals surface area contributed by atoms with E-state index in [9.17, 15) is 4.79 Å². The lowest BCUT2D eigenvalue weighted by molar-refractivity contribution is 0.0473. The first-order chi connectivity index (χ1) is 12.6. The number of anilines is 1. The average Bonchev–Trinajstić information content (AvgIpc) is 3.06. The van der Waals surface area contributed by atoms with Gasteiger partial charge >= 0.3 is 6.03 Å². The highest BCUT2D eigenvalue weighted by atomic mass is 16.5. The maximum Gasteiger partial charge on any atom is 0.323 e. The summed E-state index contributed by atoms with van der Waals surface area (Å²) in [7, 11) is 1.62. The number of hydrogen-bond acceptors (Lipinski definition) is 4. The molecule has 2 aromatic rings. The van der Waals surface area contributed by atoms with Gasteiger partial charge in [0.25, 0.3) is 0 Å². The topological polar surface area (TPSA) is 68.6 Å². The van der Waals surface area contributed by atoms with Crippen molar-refractivity contribution in [2.24, 2.45) is 0 Å². The molecule has 0 saturated carbocycles. The number of likely N-dealkylation sites (tertiary alicyclic amines) is 1. The number of benzene rings is 1. The van der Waals surface area contributed by atoms with Crippen LogP contribution in [0.15, 0.2) is 36.5 Å². The summed E-state index contributed by atoms with van der Waals surface area (Å²) in [5.41, 5.74) is 0. The molecule has 0 bridgehead atoms. The number of hydrogen-bond donors (Lipinski definition) is 1. The van der Waals surface area contributed by atoms with E-state index in [1.165, 1.54) is 0 Å². The predicted molar refractivity (Wildman–Crippen MR) is 99.8 cm³/mol. The van der Waals surface area contributed by atoms with Crippen molar-refractivity contribution in [2.45, 2.75) is 38.8 Å². The molecule has 1 saturated heterocycles. The second-order valence-electron chi connectivity index (χ2n) is 6.52. The van der Waals surface area contributed by atoms with E-state index in [4.69, 9.17) is 9.47 Å². The van der Waals surface area contributed by atoms with Crippen molar-refractivity contribution in [1.29, 1.82) is 0 Å². The molecule has 0 aliphatic carbocycles. The average molecular weight is 358 g/mol. The molecule has 1 aromatic heterocycles. The first kappa shape index (κ1) is 18.1. The van der Waals surface area contributed by atoms with Crippen LogP contribution in [-0.4, -0.2) is 47.0 Å². The number of methoxy groups -OCH3 is 1. The summed E-state index contributed by atoms with van der Waals surface area (Å²) in [6.07, 6.45) is 3.78. The maximum atomic E-state index is 12.4. The Morgan fingerprint density at radius 1 is 1.31 bits per heavy atom. The van der Waals surface area contributed by atoms with Crippen LogP contribution in [0.3, 0.4) is 0 Å². The first-order valence-corrected chi connectivity index (χ1v) is 9.01. The van der Waals surface area contributed by atoms with Crippen molar-refractivity contribution in [3.05, 3.63) is 36.5 Å². The quantitative estimate of drug-likeness (QED) is 0.822. The fourth-order valence-corrected chi connectivity index (χ4v) is 3.07. The molecule has 1 fully saturated rings. The second kappa shape index (κ2) is 8.12. The van der Waals surface area contributed by atoms with E-state index < -0.39 is 0 Å². The summed E-state index contributed by atoms with van der Waals surface area (Å²) in [5, 5.41) is 7.27. The van der Waals surface area contributed by atoms with Gasteiger partial charge in [0, 0.05) is 6.07 Å². The third kappa shape index (κ3) is 3.92. The Hall–Kier alpha value is -2.70. The molecule has 0 radical (unpaired) electrons. The van der Waals surface area contributed by atoms with Gasteiger partial charge in [0.05, 0.1) is 32.4 Å². The van der Waals surface area contributed by atoms with E-state index in [0.717, 1.165) is 18.7 Å². The summed E-state index contributed by atoms with van der Waals surface area (Å²) in [6, 6.07) is 9.48. The highest BCUT2D eigenvalue weighted by Crippen LogP contribution is 2.29. The summed E-state index contributed by atoms with van der Waals surface area (Å²) < 4.78 is 13.1. The molecule has 7 nitrogen and oxygen atoms in total. The number of amides is 2. The van der Waals surface area contributed by atoms with Crippen LogP contribution in [-0.2, 0) is 0 Å². The van der Waals surface area contributed by atoms with Crippen LogP contribution in [0.2, 0.25) is 0 Å². The molecule has 1 aromatic carbocycles. The van der Waals surface area contributed by atoms with Crippen molar-refractivity contribution in [3.8, 4) is 11.5 Å². The Labute approximate surface area is 153 Å². The Morgan fingerprint density at radius 2 is 2.04 bits per heavy atom. The molecule has 7 heteroatoms. The number of para-hydroxylation sites is 2. The lowest BCUT2D eigenvalue weighted by atomic mass is 10.2. The smallest absolute Gasteiger partial charge is 0.323 e. The zero-order chi connectivity index (χ0) is 18.5. The van der Waals surface area contributed by atoms with Gasteiger partial charge in [0.15, 0.2) is 11.5 Å². The Balaban J connectivity index is 1.52. The molecule has 2 heterocycles. The number of ether oxygens (including phenoxy) is 2. The van der Waals surface area contributed by atoms with Gasteiger partial charge in [-0.2, -0.15) is 5.10 Å². The zero-order valence-corrected chi connectivity index (χ0v) is 15.5. The number of carbonyl (C=O) groups excluding carboxylic acids is 1. The second-order valence-corrected chi connectivity index (χ2v) is 6.52. The van der Waals surface area contributed by atoms with E-state index in [0.29, 0.717) is 24.6 Å². The summed E-state index contributed by atoms with van der Waals surface area (Å²) in [5.74, 6) is 2.13. The van der Waals surface area contributed by atoms with Crippen molar-refractivity contribution in [1.82, 2.24) is 14.7 Å². The molecular weight excluding hydrogens is 332 g/mol. The zero-order valence-electron chi connectivity index (χ0n) is 15.5. The van der Waals surface area contributed by atoms with Gasteiger partial charge in [-0.25, -0.2) is 9.48 Å². The monoisotopic (exact) mass is 358 g/mol. The fraction of sp³-hybridized carbons (Fsp3) is 0.474. The molecule has 3 rings (SSSR count). The maximum absolute atomic E-state index is 12.4. The Bertz CT molecular complexity index is 740. The Kier molecular flexibility index (Phi) is 5.65. The number of rotatable bonds is 7. The molecule has 1 aliphatic heterocycles. The molecule has 1 N–H and O–H groups in total. The minimum atomic E-state index is -0.129. The van der Waals surface area contributed by atoms with Gasteiger partial charge in [0.2, 0.25) is 0 Å². The van der Waals surface area contributed by atoms with Crippen LogP contribution in [0.4, 0.5) is 10.6 Å². The number of aromatic nitrogens is 2. The van der Waals surface area contributed by atoms with E-state index in [-0.39, 0.29) is 18.2 Å².